The third-order valence-electron chi connectivity index (χ3n) is 5.55. The number of benzene rings is 2. The molecule has 1 amide bonds. The van der Waals surface area contributed by atoms with Crippen LogP contribution in [-0.4, -0.2) is 56.6 Å². The van der Waals surface area contributed by atoms with Gasteiger partial charge in [-0.2, -0.15) is 0 Å². The zero-order chi connectivity index (χ0) is 21.4. The summed E-state index contributed by atoms with van der Waals surface area (Å²) in [5.74, 6) is 0.128. The number of carbonyl (C=O) groups excluding carboxylic acids is 1. The summed E-state index contributed by atoms with van der Waals surface area (Å²) in [6.45, 7) is 2.50. The highest BCUT2D eigenvalue weighted by Crippen LogP contribution is 2.27. The molecule has 3 heterocycles. The molecule has 8 heteroatoms. The highest BCUT2D eigenvalue weighted by Gasteiger charge is 2.26. The van der Waals surface area contributed by atoms with Crippen molar-refractivity contribution in [1.82, 2.24) is 19.4 Å². The van der Waals surface area contributed by atoms with Gasteiger partial charge in [-0.05, 0) is 48.5 Å². The van der Waals surface area contributed by atoms with Crippen LogP contribution in [0.3, 0.4) is 0 Å². The van der Waals surface area contributed by atoms with Crippen LogP contribution in [0.4, 0.5) is 10.1 Å². The standard InChI is InChI=1S/C23H20FN5O2/c24-16-2-7-19-20(15-29(21(19)14-16)23-25-8-1-9-26-23)22(31)28-12-10-27(11-13-28)17-3-5-18(30)6-4-17/h1-9,14-15,30H,10-13H2. The largest absolute Gasteiger partial charge is 0.508 e. The van der Waals surface area contributed by atoms with E-state index in [9.17, 15) is 14.3 Å². The summed E-state index contributed by atoms with van der Waals surface area (Å²) in [5, 5.41) is 10.1. The first-order valence-corrected chi connectivity index (χ1v) is 10.0. The summed E-state index contributed by atoms with van der Waals surface area (Å²) < 4.78 is 15.6. The molecule has 0 saturated carbocycles. The predicted molar refractivity (Wildman–Crippen MR) is 115 cm³/mol. The van der Waals surface area contributed by atoms with Gasteiger partial charge in [-0.1, -0.05) is 0 Å². The van der Waals surface area contributed by atoms with E-state index < -0.39 is 0 Å². The number of anilines is 1. The van der Waals surface area contributed by atoms with Crippen molar-refractivity contribution in [3.63, 3.8) is 0 Å². The number of rotatable bonds is 3. The average Bonchev–Trinajstić information content (AvgIpc) is 3.18. The van der Waals surface area contributed by atoms with E-state index in [2.05, 4.69) is 14.9 Å². The quantitative estimate of drug-likeness (QED) is 0.554. The number of nitrogens with zero attached hydrogens (tertiary/aromatic N) is 5. The fraction of sp³-hybridized carbons (Fsp3) is 0.174. The molecule has 1 fully saturated rings. The molecule has 1 saturated heterocycles. The minimum Gasteiger partial charge on any atom is -0.508 e. The van der Waals surface area contributed by atoms with Gasteiger partial charge in [-0.25, -0.2) is 14.4 Å². The normalized spacial score (nSPS) is 14.2. The number of aromatic nitrogens is 3. The Morgan fingerprint density at radius 3 is 2.39 bits per heavy atom. The molecule has 156 valence electrons. The Balaban J connectivity index is 1.42. The number of hydrogen-bond acceptors (Lipinski definition) is 5. The van der Waals surface area contributed by atoms with E-state index in [1.54, 1.807) is 47.4 Å². The molecule has 0 bridgehead atoms. The second kappa shape index (κ2) is 7.71. The van der Waals surface area contributed by atoms with Crippen molar-refractivity contribution in [3.05, 3.63) is 78.5 Å². The summed E-state index contributed by atoms with van der Waals surface area (Å²) in [6.07, 6.45) is 4.91. The SMILES string of the molecule is O=C(c1cn(-c2ncccn2)c2cc(F)ccc12)N1CCN(c2ccc(O)cc2)CC1. The van der Waals surface area contributed by atoms with Crippen LogP contribution < -0.4 is 4.90 Å². The average molecular weight is 417 g/mol. The first-order chi connectivity index (χ1) is 15.1. The Labute approximate surface area is 178 Å². The highest BCUT2D eigenvalue weighted by atomic mass is 19.1. The molecule has 0 aliphatic carbocycles. The second-order valence-corrected chi connectivity index (χ2v) is 7.42. The number of piperazine rings is 1. The van der Waals surface area contributed by atoms with Crippen LogP contribution in [0.25, 0.3) is 16.9 Å². The molecule has 1 aliphatic heterocycles. The number of phenolic OH excluding ortho intramolecular Hbond substituents is 1. The number of hydrogen-bond donors (Lipinski definition) is 1. The monoisotopic (exact) mass is 417 g/mol. The van der Waals surface area contributed by atoms with E-state index in [0.717, 1.165) is 5.69 Å². The maximum absolute atomic E-state index is 14.0. The van der Waals surface area contributed by atoms with Crippen molar-refractivity contribution in [1.29, 1.82) is 0 Å². The Morgan fingerprint density at radius 2 is 1.68 bits per heavy atom. The molecule has 0 atom stereocenters. The van der Waals surface area contributed by atoms with Gasteiger partial charge in [0.1, 0.15) is 11.6 Å². The van der Waals surface area contributed by atoms with E-state index in [4.69, 9.17) is 0 Å². The maximum Gasteiger partial charge on any atom is 0.256 e. The molecule has 2 aromatic carbocycles. The summed E-state index contributed by atoms with van der Waals surface area (Å²) in [7, 11) is 0. The number of fused-ring (bicyclic) bond motifs is 1. The molecule has 0 spiro atoms. The third-order valence-corrected chi connectivity index (χ3v) is 5.55. The van der Waals surface area contributed by atoms with Crippen molar-refractivity contribution in [2.24, 2.45) is 0 Å². The van der Waals surface area contributed by atoms with Crippen LogP contribution >= 0.6 is 0 Å². The lowest BCUT2D eigenvalue weighted by molar-refractivity contribution is 0.0748. The van der Waals surface area contributed by atoms with Gasteiger partial charge in [0, 0.05) is 55.8 Å². The summed E-state index contributed by atoms with van der Waals surface area (Å²) in [5.41, 5.74) is 2.07. The molecule has 4 aromatic rings. The maximum atomic E-state index is 14.0. The first-order valence-electron chi connectivity index (χ1n) is 10.0. The fourth-order valence-corrected chi connectivity index (χ4v) is 3.95. The van der Waals surface area contributed by atoms with Crippen LogP contribution in [-0.2, 0) is 0 Å². The van der Waals surface area contributed by atoms with Crippen molar-refractivity contribution >= 4 is 22.5 Å². The molecule has 1 aliphatic rings. The first kappa shape index (κ1) is 19.0. The molecule has 0 unspecified atom stereocenters. The van der Waals surface area contributed by atoms with Crippen LogP contribution in [0.1, 0.15) is 10.4 Å². The van der Waals surface area contributed by atoms with Crippen molar-refractivity contribution in [3.8, 4) is 11.7 Å². The molecule has 0 radical (unpaired) electrons. The Morgan fingerprint density at radius 1 is 0.968 bits per heavy atom. The van der Waals surface area contributed by atoms with E-state index in [-0.39, 0.29) is 17.5 Å². The predicted octanol–water partition coefficient (Wildman–Crippen LogP) is 3.23. The van der Waals surface area contributed by atoms with E-state index >= 15 is 0 Å². The lowest BCUT2D eigenvalue weighted by Gasteiger charge is -2.36. The topological polar surface area (TPSA) is 74.5 Å². The van der Waals surface area contributed by atoms with Gasteiger partial charge in [-0.15, -0.1) is 0 Å². The lowest BCUT2D eigenvalue weighted by Crippen LogP contribution is -2.48. The van der Waals surface area contributed by atoms with Gasteiger partial charge in [0.05, 0.1) is 11.1 Å². The molecule has 2 aromatic heterocycles. The Hall–Kier alpha value is -3.94. The van der Waals surface area contributed by atoms with Crippen molar-refractivity contribution in [2.75, 3.05) is 31.1 Å². The minimum absolute atomic E-state index is 0.100. The molecule has 1 N–H and O–H groups in total. The van der Waals surface area contributed by atoms with E-state index in [1.165, 1.54) is 12.1 Å². The van der Waals surface area contributed by atoms with Crippen LogP contribution in [0, 0.1) is 5.82 Å². The fourth-order valence-electron chi connectivity index (χ4n) is 3.95. The van der Waals surface area contributed by atoms with Crippen molar-refractivity contribution < 1.29 is 14.3 Å². The number of halogens is 1. The van der Waals surface area contributed by atoms with Crippen LogP contribution in [0.5, 0.6) is 5.75 Å². The zero-order valence-corrected chi connectivity index (χ0v) is 16.6. The minimum atomic E-state index is -0.385. The Kier molecular flexibility index (Phi) is 4.74. The number of phenols is 1. The molecule has 7 nitrogen and oxygen atoms in total. The van der Waals surface area contributed by atoms with Gasteiger partial charge >= 0.3 is 0 Å². The smallest absolute Gasteiger partial charge is 0.256 e. The second-order valence-electron chi connectivity index (χ2n) is 7.42. The van der Waals surface area contributed by atoms with Gasteiger partial charge < -0.3 is 14.9 Å². The van der Waals surface area contributed by atoms with Gasteiger partial charge in [0.25, 0.3) is 5.91 Å². The van der Waals surface area contributed by atoms with E-state index in [0.29, 0.717) is 48.6 Å². The molecular formula is C23H20FN5O2. The van der Waals surface area contributed by atoms with Gasteiger partial charge in [-0.3, -0.25) is 9.36 Å². The lowest BCUT2D eigenvalue weighted by atomic mass is 10.1. The Bertz CT molecular complexity index is 1230. The zero-order valence-electron chi connectivity index (χ0n) is 16.6. The summed E-state index contributed by atoms with van der Waals surface area (Å²) >= 11 is 0. The third kappa shape index (κ3) is 3.56. The van der Waals surface area contributed by atoms with Crippen LogP contribution in [0.15, 0.2) is 67.1 Å². The van der Waals surface area contributed by atoms with Gasteiger partial charge in [0.15, 0.2) is 0 Å². The van der Waals surface area contributed by atoms with E-state index in [1.807, 2.05) is 17.0 Å². The van der Waals surface area contributed by atoms with Crippen LogP contribution in [0.2, 0.25) is 0 Å². The summed E-state index contributed by atoms with van der Waals surface area (Å²) in [6, 6.07) is 13.1. The molecule has 5 rings (SSSR count). The van der Waals surface area contributed by atoms with Crippen molar-refractivity contribution in [2.45, 2.75) is 0 Å². The molecule has 31 heavy (non-hydrogen) atoms. The molecular weight excluding hydrogens is 397 g/mol. The highest BCUT2D eigenvalue weighted by molar-refractivity contribution is 6.07. The summed E-state index contributed by atoms with van der Waals surface area (Å²) in [4.78, 5) is 25.8. The number of aromatic hydroxyl groups is 1. The number of carbonyl (C=O) groups is 1. The number of amides is 1. The van der Waals surface area contributed by atoms with Gasteiger partial charge in [0.2, 0.25) is 5.95 Å².